The van der Waals surface area contributed by atoms with Gasteiger partial charge in [-0.05, 0) is 44.5 Å². The van der Waals surface area contributed by atoms with E-state index in [-0.39, 0.29) is 12.5 Å². The van der Waals surface area contributed by atoms with Crippen LogP contribution in [0.3, 0.4) is 0 Å². The van der Waals surface area contributed by atoms with E-state index in [0.29, 0.717) is 12.2 Å². The van der Waals surface area contributed by atoms with Crippen LogP contribution in [0.4, 0.5) is 4.79 Å². The van der Waals surface area contributed by atoms with Crippen molar-refractivity contribution in [3.63, 3.8) is 0 Å². The molecule has 1 atom stereocenters. The van der Waals surface area contributed by atoms with Crippen LogP contribution in [0.1, 0.15) is 32.1 Å². The Morgan fingerprint density at radius 3 is 2.68 bits per heavy atom. The molecule has 7 heteroatoms. The highest BCUT2D eigenvalue weighted by Crippen LogP contribution is 2.19. The second-order valence-corrected chi connectivity index (χ2v) is 7.56. The van der Waals surface area contributed by atoms with Gasteiger partial charge in [0.2, 0.25) is 5.91 Å². The summed E-state index contributed by atoms with van der Waals surface area (Å²) in [5.74, 6) is 0.323. The maximum absolute atomic E-state index is 12.8. The first kappa shape index (κ1) is 19.5. The largest absolute Gasteiger partial charge is 0.467 e. The third-order valence-corrected chi connectivity index (χ3v) is 4.12. The molecule has 7 nitrogen and oxygen atoms in total. The summed E-state index contributed by atoms with van der Waals surface area (Å²) in [5.41, 5.74) is 1.26. The average molecular weight is 383 g/mol. The van der Waals surface area contributed by atoms with E-state index in [0.717, 1.165) is 16.5 Å². The Kier molecular flexibility index (Phi) is 5.73. The summed E-state index contributed by atoms with van der Waals surface area (Å²) in [6.07, 6.45) is 3.09. The number of rotatable bonds is 6. The number of nitrogens with one attached hydrogen (secondary N) is 3. The van der Waals surface area contributed by atoms with E-state index in [1.54, 1.807) is 39.2 Å². The first-order chi connectivity index (χ1) is 13.3. The molecule has 0 fully saturated rings. The van der Waals surface area contributed by atoms with E-state index >= 15 is 0 Å². The number of carbonyl (C=O) groups excluding carboxylic acids is 2. The van der Waals surface area contributed by atoms with Crippen molar-refractivity contribution in [1.82, 2.24) is 15.6 Å². The number of H-pyrrole nitrogens is 1. The van der Waals surface area contributed by atoms with E-state index in [4.69, 9.17) is 9.15 Å². The van der Waals surface area contributed by atoms with E-state index in [1.165, 1.54) is 0 Å². The van der Waals surface area contributed by atoms with Gasteiger partial charge in [0.25, 0.3) is 0 Å². The van der Waals surface area contributed by atoms with Gasteiger partial charge in [0.15, 0.2) is 0 Å². The Labute approximate surface area is 163 Å². The molecule has 148 valence electrons. The Morgan fingerprint density at radius 1 is 1.18 bits per heavy atom. The number of hydrogen-bond donors (Lipinski definition) is 3. The van der Waals surface area contributed by atoms with Crippen LogP contribution in [-0.2, 0) is 22.5 Å². The Balaban J connectivity index is 1.74. The van der Waals surface area contributed by atoms with Crippen molar-refractivity contribution in [2.75, 3.05) is 0 Å². The van der Waals surface area contributed by atoms with Gasteiger partial charge in [0.1, 0.15) is 17.4 Å². The monoisotopic (exact) mass is 383 g/mol. The molecule has 1 aromatic carbocycles. The SMILES string of the molecule is CC(C)(C)OC(=O)N[C@@H](Cc1c[nH]c2ccccc12)C(=O)NCc1ccco1. The zero-order valence-corrected chi connectivity index (χ0v) is 16.2. The maximum Gasteiger partial charge on any atom is 0.408 e. The number of benzene rings is 1. The number of furan rings is 1. The first-order valence-corrected chi connectivity index (χ1v) is 9.16. The molecule has 28 heavy (non-hydrogen) atoms. The lowest BCUT2D eigenvalue weighted by Gasteiger charge is -2.23. The standard InChI is InChI=1S/C21H25N3O4/c1-21(2,3)28-20(26)24-18(19(25)23-13-15-7-6-10-27-15)11-14-12-22-17-9-5-4-8-16(14)17/h4-10,12,18,22H,11,13H2,1-3H3,(H,23,25)(H,24,26)/t18-/m0/s1. The molecule has 0 aliphatic carbocycles. The lowest BCUT2D eigenvalue weighted by Crippen LogP contribution is -2.49. The Morgan fingerprint density at radius 2 is 1.96 bits per heavy atom. The highest BCUT2D eigenvalue weighted by Gasteiger charge is 2.25. The summed E-state index contributed by atoms with van der Waals surface area (Å²) in [6, 6.07) is 10.6. The minimum Gasteiger partial charge on any atom is -0.467 e. The number of aromatic amines is 1. The van der Waals surface area contributed by atoms with Gasteiger partial charge in [-0.2, -0.15) is 0 Å². The lowest BCUT2D eigenvalue weighted by molar-refractivity contribution is -0.123. The highest BCUT2D eigenvalue weighted by molar-refractivity contribution is 5.88. The fourth-order valence-electron chi connectivity index (χ4n) is 2.89. The molecule has 2 aromatic heterocycles. The molecule has 3 rings (SSSR count). The number of para-hydroxylation sites is 1. The summed E-state index contributed by atoms with van der Waals surface area (Å²) in [4.78, 5) is 28.2. The quantitative estimate of drug-likeness (QED) is 0.607. The molecule has 0 aliphatic rings. The second kappa shape index (κ2) is 8.21. The molecular weight excluding hydrogens is 358 g/mol. The van der Waals surface area contributed by atoms with Crippen LogP contribution in [0.15, 0.2) is 53.3 Å². The first-order valence-electron chi connectivity index (χ1n) is 9.16. The number of alkyl carbamates (subject to hydrolysis) is 1. The summed E-state index contributed by atoms with van der Waals surface area (Å²) in [6.45, 7) is 5.57. The van der Waals surface area contributed by atoms with Gasteiger partial charge >= 0.3 is 6.09 Å². The third kappa shape index (κ3) is 5.16. The number of ether oxygens (including phenoxy) is 1. The molecule has 0 spiro atoms. The molecule has 3 N–H and O–H groups in total. The number of aromatic nitrogens is 1. The van der Waals surface area contributed by atoms with Crippen molar-refractivity contribution in [3.05, 3.63) is 60.2 Å². The molecule has 3 aromatic rings. The molecule has 2 heterocycles. The predicted octanol–water partition coefficient (Wildman–Crippen LogP) is 3.51. The smallest absolute Gasteiger partial charge is 0.408 e. The fraction of sp³-hybridized carbons (Fsp3) is 0.333. The van der Waals surface area contributed by atoms with Crippen LogP contribution in [0.25, 0.3) is 10.9 Å². The van der Waals surface area contributed by atoms with Crippen molar-refractivity contribution < 1.29 is 18.7 Å². The fourth-order valence-corrected chi connectivity index (χ4v) is 2.89. The van der Waals surface area contributed by atoms with Crippen molar-refractivity contribution in [1.29, 1.82) is 0 Å². The van der Waals surface area contributed by atoms with Crippen LogP contribution in [-0.4, -0.2) is 28.6 Å². The zero-order chi connectivity index (χ0) is 20.1. The molecule has 2 amide bonds. The normalized spacial score (nSPS) is 12.5. The summed E-state index contributed by atoms with van der Waals surface area (Å²) in [7, 11) is 0. The van der Waals surface area contributed by atoms with Crippen LogP contribution >= 0.6 is 0 Å². The van der Waals surface area contributed by atoms with Gasteiger partial charge in [-0.15, -0.1) is 0 Å². The maximum atomic E-state index is 12.8. The van der Waals surface area contributed by atoms with Crippen molar-refractivity contribution in [2.24, 2.45) is 0 Å². The van der Waals surface area contributed by atoms with Crippen molar-refractivity contribution in [2.45, 2.75) is 45.4 Å². The number of fused-ring (bicyclic) bond motifs is 1. The molecule has 0 aliphatic heterocycles. The molecule has 0 saturated carbocycles. The minimum absolute atomic E-state index is 0.242. The number of carbonyl (C=O) groups is 2. The van der Waals surface area contributed by atoms with E-state index in [9.17, 15) is 9.59 Å². The number of amides is 2. The van der Waals surface area contributed by atoms with Gasteiger partial charge in [-0.3, -0.25) is 4.79 Å². The lowest BCUT2D eigenvalue weighted by atomic mass is 10.0. The van der Waals surface area contributed by atoms with Crippen molar-refractivity contribution in [3.8, 4) is 0 Å². The molecular formula is C21H25N3O4. The van der Waals surface area contributed by atoms with Crippen molar-refractivity contribution >= 4 is 22.9 Å². The van der Waals surface area contributed by atoms with Gasteiger partial charge in [-0.25, -0.2) is 4.79 Å². The second-order valence-electron chi connectivity index (χ2n) is 7.56. The molecule has 0 saturated heterocycles. The Hall–Kier alpha value is -3.22. The van der Waals surface area contributed by atoms with Crippen LogP contribution in [0.2, 0.25) is 0 Å². The van der Waals surface area contributed by atoms with Gasteiger partial charge < -0.3 is 24.8 Å². The highest BCUT2D eigenvalue weighted by atomic mass is 16.6. The minimum atomic E-state index is -0.788. The zero-order valence-electron chi connectivity index (χ0n) is 16.2. The molecule has 0 unspecified atom stereocenters. The van der Waals surface area contributed by atoms with E-state index in [1.807, 2.05) is 30.5 Å². The van der Waals surface area contributed by atoms with E-state index < -0.39 is 17.7 Å². The topological polar surface area (TPSA) is 96.4 Å². The van der Waals surface area contributed by atoms with Gasteiger partial charge in [0.05, 0.1) is 12.8 Å². The predicted molar refractivity (Wildman–Crippen MR) is 106 cm³/mol. The average Bonchev–Trinajstić information content (AvgIpc) is 3.27. The summed E-state index contributed by atoms with van der Waals surface area (Å²) < 4.78 is 10.6. The number of hydrogen-bond acceptors (Lipinski definition) is 4. The molecule has 0 radical (unpaired) electrons. The summed E-state index contributed by atoms with van der Waals surface area (Å²) >= 11 is 0. The van der Waals surface area contributed by atoms with Crippen LogP contribution < -0.4 is 10.6 Å². The van der Waals surface area contributed by atoms with Crippen LogP contribution in [0, 0.1) is 0 Å². The van der Waals surface area contributed by atoms with E-state index in [2.05, 4.69) is 15.6 Å². The summed E-state index contributed by atoms with van der Waals surface area (Å²) in [5, 5.41) is 6.50. The Bertz CT molecular complexity index is 938. The van der Waals surface area contributed by atoms with Gasteiger partial charge in [-0.1, -0.05) is 18.2 Å². The molecule has 0 bridgehead atoms. The third-order valence-electron chi connectivity index (χ3n) is 4.12. The van der Waals surface area contributed by atoms with Gasteiger partial charge in [0, 0.05) is 23.5 Å². The van der Waals surface area contributed by atoms with Crippen LogP contribution in [0.5, 0.6) is 0 Å².